The maximum absolute atomic E-state index is 13.5. The minimum absolute atomic E-state index is 0.0220. The molecule has 0 bridgehead atoms. The highest BCUT2D eigenvalue weighted by molar-refractivity contribution is 7.99. The summed E-state index contributed by atoms with van der Waals surface area (Å²) in [6.45, 7) is 6.90. The Morgan fingerprint density at radius 3 is 2.34 bits per heavy atom. The third-order valence-electron chi connectivity index (χ3n) is 7.19. The summed E-state index contributed by atoms with van der Waals surface area (Å²) in [7, 11) is 0. The van der Waals surface area contributed by atoms with Gasteiger partial charge in [-0.3, -0.25) is 4.79 Å². The van der Waals surface area contributed by atoms with E-state index in [1.165, 1.54) is 12.1 Å². The first-order valence-corrected chi connectivity index (χ1v) is 14.3. The van der Waals surface area contributed by atoms with Crippen molar-refractivity contribution in [3.05, 3.63) is 121 Å². The molecule has 0 aliphatic carbocycles. The number of piperazine rings is 1. The fraction of sp³-hybridized carbons (Fsp3) is 0.152. The number of aromatic nitrogens is 2. The second kappa shape index (κ2) is 11.5. The molecule has 1 fully saturated rings. The third kappa shape index (κ3) is 5.83. The molecule has 0 radical (unpaired) electrons. The number of hydrogen-bond acceptors (Lipinski definition) is 5. The first kappa shape index (κ1) is 26.7. The smallest absolute Gasteiger partial charge is 0.254 e. The highest BCUT2D eigenvalue weighted by atomic mass is 32.2. The van der Waals surface area contributed by atoms with Crippen LogP contribution < -0.4 is 10.6 Å². The Morgan fingerprint density at radius 2 is 1.61 bits per heavy atom. The first-order chi connectivity index (χ1) is 19.9. The molecule has 1 saturated heterocycles. The number of amides is 1. The fourth-order valence-electron chi connectivity index (χ4n) is 5.17. The molecule has 6 nitrogen and oxygen atoms in total. The standard InChI is InChI=1S/C33H30FN5OS/c1-23(35)22-39-31-15-10-25(33(40)38-18-16-37(17-19-38)27-13-11-26(34)12-14-27)21-30(31)36-32(39)24-6-5-9-29(20-24)41-28-7-3-2-4-8-28/h2-15,20-21H,1,16-19,22,35H2. The molecule has 4 aromatic carbocycles. The largest absolute Gasteiger partial charge is 0.401 e. The average molecular weight is 564 g/mol. The Morgan fingerprint density at radius 1 is 0.878 bits per heavy atom. The molecule has 1 aromatic heterocycles. The normalized spacial score (nSPS) is 13.5. The van der Waals surface area contributed by atoms with Gasteiger partial charge < -0.3 is 20.1 Å². The Kier molecular flexibility index (Phi) is 7.48. The van der Waals surface area contributed by atoms with Gasteiger partial charge in [-0.2, -0.15) is 0 Å². The lowest BCUT2D eigenvalue weighted by atomic mass is 10.1. The molecule has 1 aliphatic rings. The summed E-state index contributed by atoms with van der Waals surface area (Å²) >= 11 is 1.69. The summed E-state index contributed by atoms with van der Waals surface area (Å²) < 4.78 is 15.4. The zero-order chi connectivity index (χ0) is 28.3. The van der Waals surface area contributed by atoms with Gasteiger partial charge in [0.2, 0.25) is 0 Å². The van der Waals surface area contributed by atoms with Crippen molar-refractivity contribution in [2.24, 2.45) is 5.73 Å². The van der Waals surface area contributed by atoms with Crippen molar-refractivity contribution in [2.45, 2.75) is 16.3 Å². The lowest BCUT2D eigenvalue weighted by Gasteiger charge is -2.36. The average Bonchev–Trinajstić information content (AvgIpc) is 3.35. The van der Waals surface area contributed by atoms with E-state index in [-0.39, 0.29) is 11.7 Å². The van der Waals surface area contributed by atoms with Crippen LogP contribution in [-0.2, 0) is 6.54 Å². The van der Waals surface area contributed by atoms with Gasteiger partial charge in [-0.15, -0.1) is 0 Å². The highest BCUT2D eigenvalue weighted by Gasteiger charge is 2.23. The number of allylic oxidation sites excluding steroid dienone is 1. The zero-order valence-electron chi connectivity index (χ0n) is 22.5. The number of fused-ring (bicyclic) bond motifs is 1. The van der Waals surface area contributed by atoms with Crippen molar-refractivity contribution in [1.29, 1.82) is 0 Å². The van der Waals surface area contributed by atoms with Crippen LogP contribution in [-0.4, -0.2) is 46.5 Å². The van der Waals surface area contributed by atoms with E-state index in [1.807, 2.05) is 53.4 Å². The van der Waals surface area contributed by atoms with Crippen molar-refractivity contribution in [3.8, 4) is 11.4 Å². The molecular weight excluding hydrogens is 533 g/mol. The van der Waals surface area contributed by atoms with Crippen LogP contribution in [0.1, 0.15) is 10.4 Å². The molecule has 0 spiro atoms. The number of carbonyl (C=O) groups excluding carboxylic acids is 1. The monoisotopic (exact) mass is 563 g/mol. The summed E-state index contributed by atoms with van der Waals surface area (Å²) in [4.78, 5) is 24.8. The van der Waals surface area contributed by atoms with Crippen LogP contribution in [0.15, 0.2) is 119 Å². The number of benzene rings is 4. The van der Waals surface area contributed by atoms with E-state index in [0.717, 1.165) is 37.9 Å². The number of carbonyl (C=O) groups is 1. The Hall–Kier alpha value is -4.56. The molecule has 8 heteroatoms. The minimum atomic E-state index is -0.252. The predicted molar refractivity (Wildman–Crippen MR) is 164 cm³/mol. The van der Waals surface area contributed by atoms with E-state index >= 15 is 0 Å². The predicted octanol–water partition coefficient (Wildman–Crippen LogP) is 6.43. The molecule has 2 heterocycles. The lowest BCUT2D eigenvalue weighted by Crippen LogP contribution is -2.48. The lowest BCUT2D eigenvalue weighted by molar-refractivity contribution is 0.0747. The van der Waals surface area contributed by atoms with Gasteiger partial charge in [0.1, 0.15) is 11.6 Å². The van der Waals surface area contributed by atoms with Crippen LogP contribution in [0.4, 0.5) is 10.1 Å². The third-order valence-corrected chi connectivity index (χ3v) is 8.18. The summed E-state index contributed by atoms with van der Waals surface area (Å²) in [5, 5.41) is 0. The molecule has 1 aliphatic heterocycles. The van der Waals surface area contributed by atoms with Gasteiger partial charge in [-0.05, 0) is 66.7 Å². The number of rotatable bonds is 7. The maximum Gasteiger partial charge on any atom is 0.254 e. The van der Waals surface area contributed by atoms with Crippen molar-refractivity contribution in [3.63, 3.8) is 0 Å². The van der Waals surface area contributed by atoms with Crippen molar-refractivity contribution < 1.29 is 9.18 Å². The number of anilines is 1. The number of halogens is 1. The van der Waals surface area contributed by atoms with Gasteiger partial charge in [0, 0.05) is 58.5 Å². The second-order valence-corrected chi connectivity index (χ2v) is 11.2. The minimum Gasteiger partial charge on any atom is -0.401 e. The maximum atomic E-state index is 13.5. The van der Waals surface area contributed by atoms with Crippen LogP contribution >= 0.6 is 11.8 Å². The van der Waals surface area contributed by atoms with Crippen molar-refractivity contribution >= 4 is 34.4 Å². The van der Waals surface area contributed by atoms with Crippen LogP contribution in [0.2, 0.25) is 0 Å². The molecular formula is C33H30FN5OS. The second-order valence-electron chi connectivity index (χ2n) is 10.1. The molecule has 206 valence electrons. The van der Waals surface area contributed by atoms with Crippen molar-refractivity contribution in [2.75, 3.05) is 31.1 Å². The van der Waals surface area contributed by atoms with E-state index < -0.39 is 0 Å². The summed E-state index contributed by atoms with van der Waals surface area (Å²) in [5.74, 6) is 0.504. The van der Waals surface area contributed by atoms with E-state index in [0.29, 0.717) is 44.0 Å². The molecule has 0 atom stereocenters. The van der Waals surface area contributed by atoms with Crippen LogP contribution in [0.5, 0.6) is 0 Å². The van der Waals surface area contributed by atoms with E-state index in [4.69, 9.17) is 10.7 Å². The van der Waals surface area contributed by atoms with Gasteiger partial charge in [0.05, 0.1) is 17.6 Å². The molecule has 6 rings (SSSR count). The van der Waals surface area contributed by atoms with Crippen LogP contribution in [0.25, 0.3) is 22.4 Å². The molecule has 1 amide bonds. The number of nitrogens with zero attached hydrogens (tertiary/aromatic N) is 4. The number of nitrogens with two attached hydrogens (primary N) is 1. The number of hydrogen-bond donors (Lipinski definition) is 1. The summed E-state index contributed by atoms with van der Waals surface area (Å²) in [6.07, 6.45) is 0. The topological polar surface area (TPSA) is 67.4 Å². The zero-order valence-corrected chi connectivity index (χ0v) is 23.4. The quantitative estimate of drug-likeness (QED) is 0.247. The van der Waals surface area contributed by atoms with Gasteiger partial charge in [-0.25, -0.2) is 9.37 Å². The first-order valence-electron chi connectivity index (χ1n) is 13.5. The molecule has 0 saturated carbocycles. The summed E-state index contributed by atoms with van der Waals surface area (Å²) in [5.41, 5.74) is 10.7. The van der Waals surface area contributed by atoms with E-state index in [9.17, 15) is 9.18 Å². The Bertz CT molecular complexity index is 1710. The Labute approximate surface area is 242 Å². The fourth-order valence-corrected chi connectivity index (χ4v) is 6.07. The molecule has 0 unspecified atom stereocenters. The van der Waals surface area contributed by atoms with Crippen LogP contribution in [0.3, 0.4) is 0 Å². The molecule has 5 aromatic rings. The van der Waals surface area contributed by atoms with Gasteiger partial charge in [0.15, 0.2) is 0 Å². The van der Waals surface area contributed by atoms with Crippen LogP contribution in [0, 0.1) is 5.82 Å². The van der Waals surface area contributed by atoms with E-state index in [1.54, 1.807) is 23.9 Å². The van der Waals surface area contributed by atoms with Gasteiger partial charge in [-0.1, -0.05) is 48.7 Å². The highest BCUT2D eigenvalue weighted by Crippen LogP contribution is 2.32. The summed E-state index contributed by atoms with van der Waals surface area (Å²) in [6, 6.07) is 30.7. The van der Waals surface area contributed by atoms with Gasteiger partial charge in [0.25, 0.3) is 5.91 Å². The molecule has 2 N–H and O–H groups in total. The Balaban J connectivity index is 1.25. The van der Waals surface area contributed by atoms with Crippen molar-refractivity contribution in [1.82, 2.24) is 14.5 Å². The van der Waals surface area contributed by atoms with E-state index in [2.05, 4.69) is 40.3 Å². The number of imidazole rings is 1. The molecule has 41 heavy (non-hydrogen) atoms. The van der Waals surface area contributed by atoms with Gasteiger partial charge >= 0.3 is 0 Å². The SMILES string of the molecule is C=C(N)Cn1c(-c2cccc(Sc3ccccc3)c2)nc2cc(C(=O)N3CCN(c4ccc(F)cc4)CC3)ccc21.